The number of hydrogen-bond acceptors (Lipinski definition) is 3. The summed E-state index contributed by atoms with van der Waals surface area (Å²) in [7, 11) is -3.86. The fourth-order valence-electron chi connectivity index (χ4n) is 3.07. The fraction of sp³-hybridized carbons (Fsp3) is 0.182. The van der Waals surface area contributed by atoms with Crippen molar-refractivity contribution in [2.24, 2.45) is 0 Å². The number of aliphatic hydroxyl groups excluding tert-OH is 1. The molecule has 0 fully saturated rings. The smallest absolute Gasteiger partial charge is 0.241 e. The van der Waals surface area contributed by atoms with Crippen LogP contribution < -0.4 is 4.72 Å². The summed E-state index contributed by atoms with van der Waals surface area (Å²) >= 11 is 0. The second-order valence-electron chi connectivity index (χ2n) is 6.95. The van der Waals surface area contributed by atoms with E-state index in [0.717, 1.165) is 5.56 Å². The molecule has 0 bridgehead atoms. The van der Waals surface area contributed by atoms with E-state index >= 15 is 0 Å². The molecule has 0 aliphatic rings. The first-order chi connectivity index (χ1) is 12.8. The number of hydrogen-bond donors (Lipinski definition) is 2. The molecular formula is C22H23NO3S. The van der Waals surface area contributed by atoms with E-state index < -0.39 is 21.7 Å². The van der Waals surface area contributed by atoms with Gasteiger partial charge in [-0.25, -0.2) is 13.1 Å². The fourth-order valence-corrected chi connectivity index (χ4v) is 4.72. The molecule has 27 heavy (non-hydrogen) atoms. The molecule has 0 saturated heterocycles. The van der Waals surface area contributed by atoms with Crippen LogP contribution in [0.4, 0.5) is 0 Å². The Morgan fingerprint density at radius 2 is 1.33 bits per heavy atom. The molecule has 0 amide bonds. The van der Waals surface area contributed by atoms with Gasteiger partial charge in [-0.3, -0.25) is 0 Å². The van der Waals surface area contributed by atoms with Crippen LogP contribution in [0.2, 0.25) is 0 Å². The van der Waals surface area contributed by atoms with Crippen LogP contribution in [0.1, 0.15) is 36.6 Å². The van der Waals surface area contributed by atoms with E-state index in [9.17, 15) is 13.5 Å². The number of rotatable bonds is 6. The van der Waals surface area contributed by atoms with Crippen molar-refractivity contribution in [1.82, 2.24) is 4.72 Å². The average molecular weight is 381 g/mol. The highest BCUT2D eigenvalue weighted by molar-refractivity contribution is 7.89. The minimum atomic E-state index is -3.86. The summed E-state index contributed by atoms with van der Waals surface area (Å²) in [5, 5.41) is 10.8. The summed E-state index contributed by atoms with van der Waals surface area (Å²) < 4.78 is 29.1. The highest BCUT2D eigenvalue weighted by Gasteiger charge is 2.30. The van der Waals surface area contributed by atoms with E-state index in [4.69, 9.17) is 0 Å². The van der Waals surface area contributed by atoms with E-state index in [1.54, 1.807) is 30.3 Å². The number of nitrogens with one attached hydrogen (secondary N) is 1. The molecule has 0 saturated carbocycles. The van der Waals surface area contributed by atoms with Crippen LogP contribution in [-0.2, 0) is 15.6 Å². The predicted molar refractivity (Wildman–Crippen MR) is 107 cm³/mol. The van der Waals surface area contributed by atoms with Crippen molar-refractivity contribution in [2.75, 3.05) is 0 Å². The monoisotopic (exact) mass is 381 g/mol. The maximum atomic E-state index is 13.2. The first-order valence-electron chi connectivity index (χ1n) is 8.73. The topological polar surface area (TPSA) is 66.4 Å². The first-order valence-corrected chi connectivity index (χ1v) is 10.2. The molecule has 3 aromatic carbocycles. The molecule has 0 aromatic heterocycles. The third-order valence-electron chi connectivity index (χ3n) is 4.50. The molecule has 1 unspecified atom stereocenters. The van der Waals surface area contributed by atoms with Crippen molar-refractivity contribution >= 4 is 10.0 Å². The molecule has 0 aliphatic heterocycles. The third-order valence-corrected chi connectivity index (χ3v) is 6.23. The molecule has 0 spiro atoms. The van der Waals surface area contributed by atoms with Crippen LogP contribution in [0.5, 0.6) is 0 Å². The van der Waals surface area contributed by atoms with Crippen molar-refractivity contribution in [3.63, 3.8) is 0 Å². The van der Waals surface area contributed by atoms with Crippen molar-refractivity contribution in [3.8, 4) is 0 Å². The average Bonchev–Trinajstić information content (AvgIpc) is 2.68. The lowest BCUT2D eigenvalue weighted by Gasteiger charge is -2.27. The first kappa shape index (κ1) is 19.3. The standard InChI is InChI=1S/C22H23NO3S/c1-22(2,18-13-7-4-8-14-18)23-27(25,26)20-16-10-9-15-19(20)21(24)17-11-5-3-6-12-17/h3-16,21,23-24H,1-2H3. The summed E-state index contributed by atoms with van der Waals surface area (Å²) in [6.45, 7) is 3.63. The van der Waals surface area contributed by atoms with Crippen molar-refractivity contribution in [2.45, 2.75) is 30.4 Å². The van der Waals surface area contributed by atoms with Crippen LogP contribution >= 0.6 is 0 Å². The van der Waals surface area contributed by atoms with Gasteiger partial charge in [-0.2, -0.15) is 0 Å². The number of aliphatic hydroxyl groups is 1. The van der Waals surface area contributed by atoms with Gasteiger partial charge in [0.25, 0.3) is 0 Å². The third kappa shape index (κ3) is 4.27. The van der Waals surface area contributed by atoms with Gasteiger partial charge < -0.3 is 5.11 Å². The zero-order valence-electron chi connectivity index (χ0n) is 15.3. The van der Waals surface area contributed by atoms with Gasteiger partial charge in [-0.05, 0) is 31.0 Å². The van der Waals surface area contributed by atoms with Crippen molar-refractivity contribution in [3.05, 3.63) is 102 Å². The molecule has 0 heterocycles. The minimum Gasteiger partial charge on any atom is -0.384 e. The Labute approximate surface area is 160 Å². The summed E-state index contributed by atoms with van der Waals surface area (Å²) in [6.07, 6.45) is -1.03. The lowest BCUT2D eigenvalue weighted by atomic mass is 9.96. The zero-order chi connectivity index (χ0) is 19.5. The van der Waals surface area contributed by atoms with Crippen molar-refractivity contribution < 1.29 is 13.5 Å². The highest BCUT2D eigenvalue weighted by Crippen LogP contribution is 2.30. The zero-order valence-corrected chi connectivity index (χ0v) is 16.1. The lowest BCUT2D eigenvalue weighted by molar-refractivity contribution is 0.217. The molecule has 0 aliphatic carbocycles. The second kappa shape index (κ2) is 7.64. The molecule has 1 atom stereocenters. The van der Waals surface area contributed by atoms with Gasteiger partial charge in [0.15, 0.2) is 0 Å². The molecule has 5 heteroatoms. The summed E-state index contributed by atoms with van der Waals surface area (Å²) in [6, 6.07) is 25.0. The SMILES string of the molecule is CC(C)(NS(=O)(=O)c1ccccc1C(O)c1ccccc1)c1ccccc1. The highest BCUT2D eigenvalue weighted by atomic mass is 32.2. The maximum Gasteiger partial charge on any atom is 0.241 e. The second-order valence-corrected chi connectivity index (χ2v) is 8.60. The van der Waals surface area contributed by atoms with E-state index in [0.29, 0.717) is 11.1 Å². The van der Waals surface area contributed by atoms with Gasteiger partial charge in [-0.1, -0.05) is 78.9 Å². The normalized spacial score (nSPS) is 13.3. The quantitative estimate of drug-likeness (QED) is 0.679. The number of sulfonamides is 1. The van der Waals surface area contributed by atoms with Gasteiger partial charge in [0.2, 0.25) is 10.0 Å². The van der Waals surface area contributed by atoms with Gasteiger partial charge in [0.05, 0.1) is 10.4 Å². The Balaban J connectivity index is 1.99. The minimum absolute atomic E-state index is 0.0744. The molecule has 140 valence electrons. The molecule has 3 rings (SSSR count). The summed E-state index contributed by atoms with van der Waals surface area (Å²) in [5.74, 6) is 0. The predicted octanol–water partition coefficient (Wildman–Crippen LogP) is 3.98. The van der Waals surface area contributed by atoms with E-state index in [-0.39, 0.29) is 4.90 Å². The molecule has 3 aromatic rings. The van der Waals surface area contributed by atoms with E-state index in [2.05, 4.69) is 4.72 Å². The van der Waals surface area contributed by atoms with Gasteiger partial charge >= 0.3 is 0 Å². The van der Waals surface area contributed by atoms with Crippen LogP contribution in [0.3, 0.4) is 0 Å². The lowest BCUT2D eigenvalue weighted by Crippen LogP contribution is -2.41. The molecule has 0 radical (unpaired) electrons. The van der Waals surface area contributed by atoms with Gasteiger partial charge in [-0.15, -0.1) is 0 Å². The largest absolute Gasteiger partial charge is 0.384 e. The molecule has 2 N–H and O–H groups in total. The summed E-state index contributed by atoms with van der Waals surface area (Å²) in [5.41, 5.74) is 1.04. The number of benzene rings is 3. The Kier molecular flexibility index (Phi) is 5.46. The van der Waals surface area contributed by atoms with E-state index in [1.165, 1.54) is 6.07 Å². The Bertz CT molecular complexity index is 1000. The van der Waals surface area contributed by atoms with Crippen molar-refractivity contribution in [1.29, 1.82) is 0 Å². The van der Waals surface area contributed by atoms with Crippen LogP contribution in [0, 0.1) is 0 Å². The van der Waals surface area contributed by atoms with E-state index in [1.807, 2.05) is 62.4 Å². The Morgan fingerprint density at radius 1 is 0.815 bits per heavy atom. The Hall–Kier alpha value is -2.47. The van der Waals surface area contributed by atoms with Gasteiger partial charge in [0, 0.05) is 5.56 Å². The van der Waals surface area contributed by atoms with Crippen LogP contribution in [-0.4, -0.2) is 13.5 Å². The molecular weight excluding hydrogens is 358 g/mol. The van der Waals surface area contributed by atoms with Gasteiger partial charge in [0.1, 0.15) is 6.10 Å². The van der Waals surface area contributed by atoms with Crippen LogP contribution in [0.25, 0.3) is 0 Å². The Morgan fingerprint density at radius 3 is 1.96 bits per heavy atom. The van der Waals surface area contributed by atoms with Crippen LogP contribution in [0.15, 0.2) is 89.8 Å². The maximum absolute atomic E-state index is 13.2. The molecule has 4 nitrogen and oxygen atoms in total. The summed E-state index contributed by atoms with van der Waals surface area (Å²) in [4.78, 5) is 0.0744.